The van der Waals surface area contributed by atoms with Crippen LogP contribution in [-0.2, 0) is 0 Å². The van der Waals surface area contributed by atoms with Crippen LogP contribution in [0.2, 0.25) is 0 Å². The van der Waals surface area contributed by atoms with Gasteiger partial charge in [-0.1, -0.05) is 0 Å². The van der Waals surface area contributed by atoms with Gasteiger partial charge in [0, 0.05) is 42.8 Å². The van der Waals surface area contributed by atoms with Crippen LogP contribution in [0.3, 0.4) is 0 Å². The summed E-state index contributed by atoms with van der Waals surface area (Å²) in [6.07, 6.45) is 9.34. The summed E-state index contributed by atoms with van der Waals surface area (Å²) in [4.78, 5) is 13.0. The highest BCUT2D eigenvalue weighted by Gasteiger charge is 2.05. The Kier molecular flexibility index (Phi) is 3.24. The topological polar surface area (TPSA) is 55.6 Å². The number of hydrogen-bond donors (Lipinski definition) is 1. The maximum Gasteiger partial charge on any atom is 0.137 e. The number of fused-ring (bicyclic) bond motifs is 1. The van der Waals surface area contributed by atoms with Crippen LogP contribution in [0.4, 0.5) is 5.82 Å². The van der Waals surface area contributed by atoms with Crippen molar-refractivity contribution in [1.82, 2.24) is 19.5 Å². The highest BCUT2D eigenvalue weighted by atomic mass is 15.1. The van der Waals surface area contributed by atoms with Gasteiger partial charge in [-0.3, -0.25) is 9.55 Å². The first-order valence-electron chi connectivity index (χ1n) is 7.37. The van der Waals surface area contributed by atoms with Crippen LogP contribution in [0, 0.1) is 0 Å². The van der Waals surface area contributed by atoms with E-state index in [1.54, 1.807) is 12.4 Å². The zero-order valence-electron chi connectivity index (χ0n) is 12.6. The summed E-state index contributed by atoms with van der Waals surface area (Å²) in [6, 6.07) is 12.1. The largest absolute Gasteiger partial charge is 0.373 e. The molecule has 5 nitrogen and oxygen atoms in total. The van der Waals surface area contributed by atoms with Crippen LogP contribution >= 0.6 is 0 Å². The van der Waals surface area contributed by atoms with Crippen molar-refractivity contribution in [1.29, 1.82) is 0 Å². The first-order valence-corrected chi connectivity index (χ1v) is 7.37. The lowest BCUT2D eigenvalue weighted by atomic mass is 10.1. The summed E-state index contributed by atoms with van der Waals surface area (Å²) in [7, 11) is 1.86. The lowest BCUT2D eigenvalue weighted by Crippen LogP contribution is -1.96. The van der Waals surface area contributed by atoms with Crippen LogP contribution in [0.15, 0.2) is 67.4 Å². The second-order valence-electron chi connectivity index (χ2n) is 5.21. The first-order chi connectivity index (χ1) is 11.3. The number of anilines is 1. The van der Waals surface area contributed by atoms with Crippen molar-refractivity contribution in [2.45, 2.75) is 0 Å². The molecule has 0 fully saturated rings. The van der Waals surface area contributed by atoms with Gasteiger partial charge in [0.25, 0.3) is 0 Å². The van der Waals surface area contributed by atoms with Gasteiger partial charge < -0.3 is 5.32 Å². The molecule has 0 saturated carbocycles. The summed E-state index contributed by atoms with van der Waals surface area (Å²) in [5.41, 5.74) is 3.19. The van der Waals surface area contributed by atoms with Crippen molar-refractivity contribution in [3.8, 4) is 16.9 Å². The van der Waals surface area contributed by atoms with Crippen LogP contribution in [0.1, 0.15) is 0 Å². The molecular formula is C18H15N5. The van der Waals surface area contributed by atoms with Gasteiger partial charge in [0.1, 0.15) is 11.6 Å². The fraction of sp³-hybridized carbons (Fsp3) is 0.0556. The van der Waals surface area contributed by atoms with E-state index >= 15 is 0 Å². The fourth-order valence-corrected chi connectivity index (χ4v) is 2.62. The van der Waals surface area contributed by atoms with E-state index in [1.165, 1.54) is 0 Å². The zero-order chi connectivity index (χ0) is 15.6. The summed E-state index contributed by atoms with van der Waals surface area (Å²) in [5, 5.41) is 4.20. The van der Waals surface area contributed by atoms with Crippen molar-refractivity contribution < 1.29 is 0 Å². The lowest BCUT2D eigenvalue weighted by molar-refractivity contribution is 1.04. The van der Waals surface area contributed by atoms with Gasteiger partial charge in [-0.25, -0.2) is 9.97 Å². The Labute approximate surface area is 133 Å². The fourth-order valence-electron chi connectivity index (χ4n) is 2.62. The SMILES string of the molecule is CNc1cc(-c2ccc(-n3ccc4ccncc43)nc2)ccn1. The average Bonchev–Trinajstić information content (AvgIpc) is 3.06. The van der Waals surface area contributed by atoms with E-state index in [4.69, 9.17) is 0 Å². The van der Waals surface area contributed by atoms with E-state index in [9.17, 15) is 0 Å². The van der Waals surface area contributed by atoms with Gasteiger partial charge in [0.05, 0.1) is 11.7 Å². The molecule has 0 aromatic carbocycles. The Morgan fingerprint density at radius 3 is 2.70 bits per heavy atom. The number of pyridine rings is 3. The van der Waals surface area contributed by atoms with Gasteiger partial charge in [0.15, 0.2) is 0 Å². The molecule has 0 bridgehead atoms. The molecule has 0 unspecified atom stereocenters. The molecule has 0 aliphatic carbocycles. The molecule has 4 rings (SSSR count). The molecule has 0 radical (unpaired) electrons. The predicted molar refractivity (Wildman–Crippen MR) is 91.6 cm³/mol. The van der Waals surface area contributed by atoms with E-state index in [0.29, 0.717) is 0 Å². The second-order valence-corrected chi connectivity index (χ2v) is 5.21. The number of nitrogens with zero attached hydrogens (tertiary/aromatic N) is 4. The minimum absolute atomic E-state index is 0.842. The third-order valence-corrected chi connectivity index (χ3v) is 3.84. The van der Waals surface area contributed by atoms with Gasteiger partial charge in [-0.2, -0.15) is 0 Å². The van der Waals surface area contributed by atoms with E-state index in [-0.39, 0.29) is 0 Å². The molecule has 0 atom stereocenters. The third-order valence-electron chi connectivity index (χ3n) is 3.84. The van der Waals surface area contributed by atoms with Gasteiger partial charge in [-0.15, -0.1) is 0 Å². The highest BCUT2D eigenvalue weighted by Crippen LogP contribution is 2.23. The van der Waals surface area contributed by atoms with Gasteiger partial charge >= 0.3 is 0 Å². The van der Waals surface area contributed by atoms with Crippen LogP contribution in [0.5, 0.6) is 0 Å². The maximum absolute atomic E-state index is 4.60. The molecule has 0 amide bonds. The highest BCUT2D eigenvalue weighted by molar-refractivity contribution is 5.80. The standard InChI is InChI=1S/C18H15N5/c1-19-17-10-14(5-8-21-17)15-2-3-18(22-11-15)23-9-6-13-4-7-20-12-16(13)23/h2-12H,1H3,(H,19,21). The third kappa shape index (κ3) is 2.42. The normalized spacial score (nSPS) is 10.8. The number of hydrogen-bond acceptors (Lipinski definition) is 4. The molecule has 4 aromatic rings. The second kappa shape index (κ2) is 5.53. The first kappa shape index (κ1) is 13.5. The molecule has 0 saturated heterocycles. The minimum atomic E-state index is 0.842. The molecule has 0 aliphatic heterocycles. The van der Waals surface area contributed by atoms with Crippen molar-refractivity contribution in [2.24, 2.45) is 0 Å². The molecule has 0 spiro atoms. The van der Waals surface area contributed by atoms with Crippen molar-refractivity contribution in [3.05, 3.63) is 67.4 Å². The lowest BCUT2D eigenvalue weighted by Gasteiger charge is -2.07. The Bertz CT molecular complexity index is 956. The molecule has 23 heavy (non-hydrogen) atoms. The number of rotatable bonds is 3. The summed E-state index contributed by atoms with van der Waals surface area (Å²) < 4.78 is 2.04. The van der Waals surface area contributed by atoms with E-state index < -0.39 is 0 Å². The smallest absolute Gasteiger partial charge is 0.137 e. The minimum Gasteiger partial charge on any atom is -0.373 e. The van der Waals surface area contributed by atoms with E-state index in [1.807, 2.05) is 54.5 Å². The van der Waals surface area contributed by atoms with Crippen LogP contribution < -0.4 is 5.32 Å². The van der Waals surface area contributed by atoms with E-state index in [2.05, 4.69) is 32.4 Å². The monoisotopic (exact) mass is 301 g/mol. The van der Waals surface area contributed by atoms with Crippen molar-refractivity contribution >= 4 is 16.7 Å². The molecule has 0 aliphatic rings. The van der Waals surface area contributed by atoms with Gasteiger partial charge in [0.2, 0.25) is 0 Å². The van der Waals surface area contributed by atoms with Crippen LogP contribution in [-0.4, -0.2) is 26.6 Å². The summed E-state index contributed by atoms with van der Waals surface area (Å²) in [6.45, 7) is 0. The van der Waals surface area contributed by atoms with Crippen LogP contribution in [0.25, 0.3) is 27.8 Å². The molecule has 4 heterocycles. The van der Waals surface area contributed by atoms with Crippen molar-refractivity contribution in [3.63, 3.8) is 0 Å². The van der Waals surface area contributed by atoms with E-state index in [0.717, 1.165) is 33.7 Å². The molecule has 1 N–H and O–H groups in total. The average molecular weight is 301 g/mol. The number of aromatic nitrogens is 4. The molecule has 112 valence electrons. The van der Waals surface area contributed by atoms with Gasteiger partial charge in [-0.05, 0) is 42.0 Å². The molecule has 4 aromatic heterocycles. The Morgan fingerprint density at radius 2 is 1.87 bits per heavy atom. The Hall–Kier alpha value is -3.21. The Balaban J connectivity index is 1.73. The number of nitrogens with one attached hydrogen (secondary N) is 1. The Morgan fingerprint density at radius 1 is 0.913 bits per heavy atom. The molecule has 5 heteroatoms. The summed E-state index contributed by atoms with van der Waals surface area (Å²) >= 11 is 0. The quantitative estimate of drug-likeness (QED) is 0.629. The van der Waals surface area contributed by atoms with Crippen molar-refractivity contribution in [2.75, 3.05) is 12.4 Å². The maximum atomic E-state index is 4.60. The molecular weight excluding hydrogens is 286 g/mol. The summed E-state index contributed by atoms with van der Waals surface area (Å²) in [5.74, 6) is 1.72. The zero-order valence-corrected chi connectivity index (χ0v) is 12.6. The predicted octanol–water partition coefficient (Wildman–Crippen LogP) is 3.52.